The molecule has 0 fully saturated rings. The molecular formula is C99H127Au7Cl7F3P7+7. The summed E-state index contributed by atoms with van der Waals surface area (Å²) in [5.74, 6) is -0.907. The first-order chi connectivity index (χ1) is 59.8. The van der Waals surface area contributed by atoms with Crippen molar-refractivity contribution in [2.75, 3.05) is 57.0 Å². The summed E-state index contributed by atoms with van der Waals surface area (Å²) in [5, 5.41) is 15.9. The molecule has 0 aromatic heterocycles. The number of hydrogen-bond acceptors (Lipinski definition) is 0. The van der Waals surface area contributed by atoms with Crippen LogP contribution < -0.4 is 63.7 Å². The number of aryl methyl sites for hydroxylation is 6. The van der Waals surface area contributed by atoms with Gasteiger partial charge in [-0.15, -0.1) is 0 Å². The molecule has 0 aliphatic heterocycles. The van der Waals surface area contributed by atoms with E-state index in [9.17, 15) is 13.2 Å². The Kier molecular flexibility index (Phi) is 85.1. The monoisotopic (exact) mass is 3210 g/mol. The Balaban J connectivity index is 0. The van der Waals surface area contributed by atoms with Gasteiger partial charge in [0.25, 0.3) is 0 Å². The largest absolute Gasteiger partial charge is 0.102 e. The number of rotatable bonds is 24. The summed E-state index contributed by atoms with van der Waals surface area (Å²) in [6, 6.07) is 106. The molecule has 0 N–H and O–H groups in total. The van der Waals surface area contributed by atoms with Crippen LogP contribution in [0, 0.1) is 59.0 Å². The molecule has 0 spiro atoms. The molecule has 0 aliphatic rings. The first-order valence-corrected chi connectivity index (χ1v) is 72.4. The van der Waals surface area contributed by atoms with E-state index in [0.717, 1.165) is 15.9 Å². The minimum atomic E-state index is -1.43. The summed E-state index contributed by atoms with van der Waals surface area (Å²) in [6.07, 6.45) is 17.8. The van der Waals surface area contributed by atoms with Crippen molar-refractivity contribution in [2.24, 2.45) is 0 Å². The van der Waals surface area contributed by atoms with Gasteiger partial charge in [-0.3, -0.25) is 0 Å². The zero-order valence-corrected chi connectivity index (χ0v) is 100. The second-order valence-electron chi connectivity index (χ2n) is 28.7. The third-order valence-electron chi connectivity index (χ3n) is 18.8. The number of benzene rings is 12. The van der Waals surface area contributed by atoms with Crippen molar-refractivity contribution in [1.82, 2.24) is 0 Å². The molecule has 0 bridgehead atoms. The molecule has 0 saturated carbocycles. The fraction of sp³-hybridized carbons (Fsp3) is 0.273. The second-order valence-corrected chi connectivity index (χ2v) is 48.2. The summed E-state index contributed by atoms with van der Waals surface area (Å²) in [7, 11) is 28.3. The number of hydrogen-bond donors (Lipinski definition) is 0. The molecule has 698 valence electrons. The predicted octanol–water partition coefficient (Wildman–Crippen LogP) is 27.7. The van der Waals surface area contributed by atoms with E-state index in [1.807, 2.05) is 0 Å². The Bertz CT molecular complexity index is 3620. The molecule has 0 radical (unpaired) electrons. The van der Waals surface area contributed by atoms with Crippen LogP contribution >= 0.6 is 120 Å². The molecular weight excluding hydrogens is 3090 g/mol. The molecule has 12 aromatic rings. The Morgan fingerprint density at radius 3 is 0.455 bits per heavy atom. The van der Waals surface area contributed by atoms with Crippen LogP contribution in [0.3, 0.4) is 0 Å². The van der Waals surface area contributed by atoms with Crippen LogP contribution in [0.4, 0.5) is 13.2 Å². The van der Waals surface area contributed by atoms with Crippen LogP contribution in [-0.4, -0.2) is 57.0 Å². The minimum Gasteiger partial charge on any atom is -0.0620 e. The van der Waals surface area contributed by atoms with Crippen molar-refractivity contribution >= 4 is 183 Å². The Labute approximate surface area is 863 Å². The quantitative estimate of drug-likeness (QED) is 0.0418. The maximum Gasteiger partial charge on any atom is 0.102 e. The Hall–Kier alpha value is 0.652. The summed E-state index contributed by atoms with van der Waals surface area (Å²) < 4.78 is 39.5. The van der Waals surface area contributed by atoms with Gasteiger partial charge in [-0.2, -0.15) is 0 Å². The smallest absolute Gasteiger partial charge is 0.0620 e. The average molecular weight is 3220 g/mol. The maximum atomic E-state index is 13.2. The minimum absolute atomic E-state index is 0.0675. The standard InChI is InChI=1S/2C21H21P.C18H12F3P.C18H15P.C12H27P.C6H15P.C3H9P.7Au.7ClH/c2*1-16-4-10-19(11-5-16)22(20-12-6-17(2)7-13-20)21-14-8-18(3)9-15-21;19-13-1-7-16(8-2-13)22(17-9-3-14(20)4-10-17)18-11-5-15(21)6-12-18;1-4-10-16(11-5-1)19(17-12-6-2-7-13-17)18-14-8-3-9-15-18;1-4-7-10-13(11-8-5-2)12-9-6-3;1-4-7(5-2)6-3;1-4(2)3;;;;;;;;;;;;;;/h2*4-15H,1-3H3;1-12H;1-15H;4-12H2,1-3H3;4-6H2,1-3H3;1-3H3;;;;;;;;7*1H/q;;;;;;;7*+1;;;;;;;. The van der Waals surface area contributed by atoms with Gasteiger partial charge in [-0.05, 0) is 279 Å². The Morgan fingerprint density at radius 2 is 0.333 bits per heavy atom. The fourth-order valence-electron chi connectivity index (χ4n) is 12.4. The fourth-order valence-corrected chi connectivity index (χ4v) is 27.3. The average Bonchev–Trinajstić information content (AvgIpc) is 0.806. The zero-order valence-electron chi connectivity index (χ0n) is 72.8. The van der Waals surface area contributed by atoms with Crippen molar-refractivity contribution < 1.29 is 153 Å². The zero-order chi connectivity index (χ0) is 92.7. The van der Waals surface area contributed by atoms with Crippen LogP contribution in [0.15, 0.2) is 309 Å². The third kappa shape index (κ3) is 54.7. The molecule has 0 heterocycles. The van der Waals surface area contributed by atoms with Gasteiger partial charge in [-0.1, -0.05) is 201 Å². The second kappa shape index (κ2) is 83.3. The molecule has 24 heteroatoms. The van der Waals surface area contributed by atoms with Crippen LogP contribution in [0.1, 0.15) is 113 Å². The van der Waals surface area contributed by atoms with Crippen LogP contribution in [0.2, 0.25) is 0 Å². The van der Waals surface area contributed by atoms with Crippen LogP contribution in [0.5, 0.6) is 0 Å². The van der Waals surface area contributed by atoms with Crippen molar-refractivity contribution in [3.63, 3.8) is 0 Å². The van der Waals surface area contributed by atoms with Gasteiger partial charge in [0.1, 0.15) is 81.1 Å². The van der Waals surface area contributed by atoms with Crippen molar-refractivity contribution in [1.29, 1.82) is 0 Å². The topological polar surface area (TPSA) is 0 Å². The third-order valence-corrected chi connectivity index (χ3v) is 35.9. The van der Waals surface area contributed by atoms with Gasteiger partial charge in [0.2, 0.25) is 0 Å². The van der Waals surface area contributed by atoms with Gasteiger partial charge in [0, 0.05) is 27.9 Å². The van der Waals surface area contributed by atoms with E-state index in [1.165, 1.54) is 175 Å². The van der Waals surface area contributed by atoms with Crippen LogP contribution in [-0.2, 0) is 140 Å². The summed E-state index contributed by atoms with van der Waals surface area (Å²) in [5.41, 5.74) is 7.91. The molecule has 0 nitrogen and oxygen atoms in total. The predicted molar refractivity (Wildman–Crippen MR) is 549 cm³/mol. The maximum absolute atomic E-state index is 13.2. The van der Waals surface area contributed by atoms with E-state index < -0.39 is 31.7 Å². The molecule has 0 aliphatic carbocycles. The van der Waals surface area contributed by atoms with Gasteiger partial charge in [-0.25, -0.2) is 13.2 Å². The molecule has 12 rings (SSSR count). The first-order valence-electron chi connectivity index (χ1n) is 40.4. The van der Waals surface area contributed by atoms with E-state index in [0.29, 0.717) is 0 Å². The van der Waals surface area contributed by atoms with E-state index in [4.69, 9.17) is 0 Å². The summed E-state index contributed by atoms with van der Waals surface area (Å²) in [4.78, 5) is 0. The van der Waals surface area contributed by atoms with E-state index in [1.54, 1.807) is 195 Å². The van der Waals surface area contributed by atoms with E-state index in [2.05, 4.69) is 404 Å². The number of unbranched alkanes of at least 4 members (excludes halogenated alkanes) is 3. The molecule has 0 amide bonds. The summed E-state index contributed by atoms with van der Waals surface area (Å²) in [6.45, 7) is 33.6. The van der Waals surface area contributed by atoms with Gasteiger partial charge < -0.3 is 0 Å². The van der Waals surface area contributed by atoms with Crippen LogP contribution in [0.25, 0.3) is 0 Å². The number of halogens is 10. The normalized spacial score (nSPS) is 9.93. The van der Waals surface area contributed by atoms with E-state index >= 15 is 0 Å². The summed E-state index contributed by atoms with van der Waals surface area (Å²) >= 11 is 12.3. The molecule has 0 unspecified atom stereocenters. The SMILES string of the molecule is CCCC[PH+](CCCC)CCCC.CC[PH+](CC)CC.C[PH+](C)C.Cc1ccc([PH+](c2ccc(C)cc2)c2ccc(C)cc2)cc1.Cc1ccc([PH+](c2ccc(C)cc2)c2ccc(C)cc2)cc1.Fc1ccc([PH+](c2ccc(F)cc2)c2ccc(F)cc2)cc1.[Cl][Au].[Cl][Au].[Cl][Au].[Cl][Au].[Cl][Au].[Cl][Au].[Cl][Au].c1ccc([PH+](c2ccccc2)c2ccccc2)cc1. The molecule has 0 saturated heterocycles. The molecule has 12 aromatic carbocycles. The van der Waals surface area contributed by atoms with Gasteiger partial charge >= 0.3 is 204 Å². The molecule has 0 atom stereocenters. The Morgan fingerprint density at radius 1 is 0.203 bits per heavy atom. The van der Waals surface area contributed by atoms with Gasteiger partial charge in [0.05, 0.1) is 68.7 Å². The van der Waals surface area contributed by atoms with Crippen molar-refractivity contribution in [3.05, 3.63) is 360 Å². The van der Waals surface area contributed by atoms with Crippen molar-refractivity contribution in [3.8, 4) is 0 Å². The van der Waals surface area contributed by atoms with Gasteiger partial charge in [0.15, 0.2) is 0 Å². The first kappa shape index (κ1) is 126. The van der Waals surface area contributed by atoms with E-state index in [-0.39, 0.29) is 41.2 Å². The van der Waals surface area contributed by atoms with Crippen molar-refractivity contribution in [2.45, 2.75) is 122 Å². The molecule has 123 heavy (non-hydrogen) atoms.